The highest BCUT2D eigenvalue weighted by molar-refractivity contribution is 4.77. The van der Waals surface area contributed by atoms with Crippen molar-refractivity contribution >= 4 is 0 Å². The number of rotatable bonds is 6. The summed E-state index contributed by atoms with van der Waals surface area (Å²) in [6.45, 7) is 4.94. The van der Waals surface area contributed by atoms with Crippen molar-refractivity contribution in [2.24, 2.45) is 0 Å². The maximum Gasteiger partial charge on any atom is 0.0220 e. The van der Waals surface area contributed by atoms with Gasteiger partial charge in [-0.15, -0.1) is 0 Å². The largest absolute Gasteiger partial charge is 0.320 e. The first-order valence-corrected chi connectivity index (χ1v) is 6.27. The third kappa shape index (κ3) is 4.96. The topological polar surface area (TPSA) is 18.5 Å². The van der Waals surface area contributed by atoms with E-state index in [2.05, 4.69) is 29.2 Å². The van der Waals surface area contributed by atoms with Crippen LogP contribution in [0.25, 0.3) is 0 Å². The lowest BCUT2D eigenvalue weighted by Crippen LogP contribution is -2.45. The quantitative estimate of drug-likeness (QED) is 0.664. The molecule has 0 aliphatic carbocycles. The molecule has 0 radical (unpaired) electrons. The van der Waals surface area contributed by atoms with Gasteiger partial charge in [-0.3, -0.25) is 0 Å². The first-order chi connectivity index (χ1) is 7.24. The van der Waals surface area contributed by atoms with E-state index < -0.39 is 0 Å². The predicted molar refractivity (Wildman–Crippen MR) is 66.3 cm³/mol. The zero-order valence-electron chi connectivity index (χ0n) is 10.6. The van der Waals surface area contributed by atoms with Gasteiger partial charge < -0.3 is 15.1 Å². The van der Waals surface area contributed by atoms with Crippen molar-refractivity contribution in [3.05, 3.63) is 0 Å². The standard InChI is InChI=1S/C12H27N3/c1-13-8-4-5-10-15(3)12-7-6-9-14(2)11-12/h12-13H,4-11H2,1-3H3. The van der Waals surface area contributed by atoms with E-state index in [1.165, 1.54) is 45.3 Å². The molecule has 0 aromatic heterocycles. The van der Waals surface area contributed by atoms with Crippen LogP contribution in [0, 0.1) is 0 Å². The Kier molecular flexibility index (Phi) is 6.22. The van der Waals surface area contributed by atoms with E-state index in [1.54, 1.807) is 0 Å². The van der Waals surface area contributed by atoms with Gasteiger partial charge in [0.1, 0.15) is 0 Å². The fraction of sp³-hybridized carbons (Fsp3) is 1.00. The third-order valence-corrected chi connectivity index (χ3v) is 3.41. The summed E-state index contributed by atoms with van der Waals surface area (Å²) >= 11 is 0. The lowest BCUT2D eigenvalue weighted by molar-refractivity contribution is 0.133. The molecule has 0 bridgehead atoms. The highest BCUT2D eigenvalue weighted by atomic mass is 15.2. The number of likely N-dealkylation sites (N-methyl/N-ethyl adjacent to an activating group) is 2. The van der Waals surface area contributed by atoms with Crippen molar-refractivity contribution in [1.29, 1.82) is 0 Å². The van der Waals surface area contributed by atoms with Crippen LogP contribution in [0.4, 0.5) is 0 Å². The van der Waals surface area contributed by atoms with Crippen LogP contribution in [0.5, 0.6) is 0 Å². The third-order valence-electron chi connectivity index (χ3n) is 3.41. The van der Waals surface area contributed by atoms with Crippen molar-refractivity contribution in [3.63, 3.8) is 0 Å². The lowest BCUT2D eigenvalue weighted by atomic mass is 10.0. The van der Waals surface area contributed by atoms with Crippen molar-refractivity contribution < 1.29 is 0 Å². The number of hydrogen-bond donors (Lipinski definition) is 1. The molecule has 1 N–H and O–H groups in total. The first kappa shape index (κ1) is 12.9. The highest BCUT2D eigenvalue weighted by Crippen LogP contribution is 2.13. The van der Waals surface area contributed by atoms with Gasteiger partial charge in [-0.2, -0.15) is 0 Å². The summed E-state index contributed by atoms with van der Waals surface area (Å²) < 4.78 is 0. The van der Waals surface area contributed by atoms with Gasteiger partial charge in [-0.25, -0.2) is 0 Å². The molecule has 0 saturated carbocycles. The molecule has 1 atom stereocenters. The van der Waals surface area contributed by atoms with E-state index in [9.17, 15) is 0 Å². The van der Waals surface area contributed by atoms with Crippen LogP contribution in [-0.4, -0.2) is 63.2 Å². The number of likely N-dealkylation sites (tertiary alicyclic amines) is 1. The minimum Gasteiger partial charge on any atom is -0.320 e. The van der Waals surface area contributed by atoms with Gasteiger partial charge in [0, 0.05) is 12.6 Å². The molecular weight excluding hydrogens is 186 g/mol. The molecule has 3 nitrogen and oxygen atoms in total. The van der Waals surface area contributed by atoms with Crippen LogP contribution >= 0.6 is 0 Å². The maximum atomic E-state index is 3.20. The Morgan fingerprint density at radius 3 is 2.87 bits per heavy atom. The van der Waals surface area contributed by atoms with Crippen molar-refractivity contribution in [2.45, 2.75) is 31.7 Å². The Morgan fingerprint density at radius 2 is 2.20 bits per heavy atom. The molecule has 15 heavy (non-hydrogen) atoms. The molecule has 1 unspecified atom stereocenters. The highest BCUT2D eigenvalue weighted by Gasteiger charge is 2.20. The Hall–Kier alpha value is -0.120. The van der Waals surface area contributed by atoms with Crippen LogP contribution in [-0.2, 0) is 0 Å². The molecule has 1 rings (SSSR count). The summed E-state index contributed by atoms with van der Waals surface area (Å²) in [4.78, 5) is 5.00. The molecule has 3 heteroatoms. The van der Waals surface area contributed by atoms with Gasteiger partial charge in [0.25, 0.3) is 0 Å². The van der Waals surface area contributed by atoms with E-state index in [0.717, 1.165) is 12.6 Å². The molecule has 1 heterocycles. The first-order valence-electron chi connectivity index (χ1n) is 6.27. The zero-order valence-corrected chi connectivity index (χ0v) is 10.6. The fourth-order valence-corrected chi connectivity index (χ4v) is 2.34. The molecule has 0 aromatic carbocycles. The van der Waals surface area contributed by atoms with Gasteiger partial charge in [0.15, 0.2) is 0 Å². The Bertz CT molecular complexity index is 161. The molecular formula is C12H27N3. The number of nitrogens with zero attached hydrogens (tertiary/aromatic N) is 2. The summed E-state index contributed by atoms with van der Waals surface area (Å²) in [5.41, 5.74) is 0. The second kappa shape index (κ2) is 7.20. The van der Waals surface area contributed by atoms with Crippen molar-refractivity contribution in [2.75, 3.05) is 47.3 Å². The SMILES string of the molecule is CNCCCCN(C)C1CCCN(C)C1. The van der Waals surface area contributed by atoms with E-state index in [4.69, 9.17) is 0 Å². The number of unbranched alkanes of at least 4 members (excludes halogenated alkanes) is 1. The Balaban J connectivity index is 2.12. The maximum absolute atomic E-state index is 3.20. The minimum atomic E-state index is 0.790. The molecule has 0 aromatic rings. The second-order valence-corrected chi connectivity index (χ2v) is 4.85. The predicted octanol–water partition coefficient (Wildman–Crippen LogP) is 1.01. The molecule has 1 aliphatic heterocycles. The van der Waals surface area contributed by atoms with E-state index in [-0.39, 0.29) is 0 Å². The van der Waals surface area contributed by atoms with Crippen LogP contribution < -0.4 is 5.32 Å². The van der Waals surface area contributed by atoms with Gasteiger partial charge in [-0.05, 0) is 66.5 Å². The van der Waals surface area contributed by atoms with Gasteiger partial charge in [0.05, 0.1) is 0 Å². The fourth-order valence-electron chi connectivity index (χ4n) is 2.34. The van der Waals surface area contributed by atoms with Gasteiger partial charge in [0.2, 0.25) is 0 Å². The van der Waals surface area contributed by atoms with E-state index in [0.29, 0.717) is 0 Å². The normalized spacial score (nSPS) is 23.6. The molecule has 0 amide bonds. The van der Waals surface area contributed by atoms with Crippen LogP contribution in [0.15, 0.2) is 0 Å². The monoisotopic (exact) mass is 213 g/mol. The van der Waals surface area contributed by atoms with Gasteiger partial charge in [-0.1, -0.05) is 0 Å². The van der Waals surface area contributed by atoms with Crippen LogP contribution in [0.2, 0.25) is 0 Å². The minimum absolute atomic E-state index is 0.790. The molecule has 0 spiro atoms. The Morgan fingerprint density at radius 1 is 1.40 bits per heavy atom. The number of hydrogen-bond acceptors (Lipinski definition) is 3. The van der Waals surface area contributed by atoms with E-state index in [1.807, 2.05) is 7.05 Å². The summed E-state index contributed by atoms with van der Waals surface area (Å²) in [5.74, 6) is 0. The average molecular weight is 213 g/mol. The smallest absolute Gasteiger partial charge is 0.0220 e. The summed E-state index contributed by atoms with van der Waals surface area (Å²) in [7, 11) is 6.55. The zero-order chi connectivity index (χ0) is 11.1. The molecule has 1 saturated heterocycles. The van der Waals surface area contributed by atoms with Gasteiger partial charge >= 0.3 is 0 Å². The van der Waals surface area contributed by atoms with Crippen LogP contribution in [0.3, 0.4) is 0 Å². The average Bonchev–Trinajstić information content (AvgIpc) is 2.24. The summed E-state index contributed by atoms with van der Waals surface area (Å²) in [5, 5.41) is 3.20. The second-order valence-electron chi connectivity index (χ2n) is 4.85. The molecule has 1 fully saturated rings. The van der Waals surface area contributed by atoms with Crippen LogP contribution in [0.1, 0.15) is 25.7 Å². The molecule has 90 valence electrons. The number of piperidine rings is 1. The summed E-state index contributed by atoms with van der Waals surface area (Å²) in [6.07, 6.45) is 5.36. The van der Waals surface area contributed by atoms with Crippen molar-refractivity contribution in [3.8, 4) is 0 Å². The molecule has 1 aliphatic rings. The summed E-state index contributed by atoms with van der Waals surface area (Å²) in [6, 6.07) is 0.790. The van der Waals surface area contributed by atoms with Crippen molar-refractivity contribution in [1.82, 2.24) is 15.1 Å². The number of nitrogens with one attached hydrogen (secondary N) is 1. The Labute approximate surface area is 94.8 Å². The lowest BCUT2D eigenvalue weighted by Gasteiger charge is -2.35. The van der Waals surface area contributed by atoms with E-state index >= 15 is 0 Å².